The molecule has 2 nitrogen and oxygen atoms in total. The van der Waals surface area contributed by atoms with E-state index < -0.39 is 0 Å². The van der Waals surface area contributed by atoms with Gasteiger partial charge in [0.25, 0.3) is 0 Å². The highest BCUT2D eigenvalue weighted by molar-refractivity contribution is 4.94. The van der Waals surface area contributed by atoms with Crippen LogP contribution in [0.15, 0.2) is 0 Å². The molecule has 2 fully saturated rings. The van der Waals surface area contributed by atoms with Gasteiger partial charge in [0.1, 0.15) is 0 Å². The van der Waals surface area contributed by atoms with E-state index in [2.05, 4.69) is 25.7 Å². The van der Waals surface area contributed by atoms with Gasteiger partial charge in [0.05, 0.1) is 0 Å². The second-order valence-electron chi connectivity index (χ2n) is 6.27. The Kier molecular flexibility index (Phi) is 3.91. The SMILES string of the molecule is CCC1CCN(C2C(C)CC(C)CC2N)C1. The number of nitrogens with two attached hydrogens (primary N) is 1. The normalized spacial score (nSPS) is 46.1. The predicted molar refractivity (Wildman–Crippen MR) is 69.3 cm³/mol. The van der Waals surface area contributed by atoms with Crippen LogP contribution in [0.5, 0.6) is 0 Å². The Morgan fingerprint density at radius 1 is 1.25 bits per heavy atom. The fraction of sp³-hybridized carbons (Fsp3) is 1.00. The van der Waals surface area contributed by atoms with E-state index in [-0.39, 0.29) is 0 Å². The molecular formula is C14H28N2. The molecular weight excluding hydrogens is 196 g/mol. The van der Waals surface area contributed by atoms with Crippen LogP contribution in [0.3, 0.4) is 0 Å². The Morgan fingerprint density at radius 2 is 2.00 bits per heavy atom. The molecule has 0 aromatic heterocycles. The molecule has 2 heteroatoms. The standard InChI is InChI=1S/C14H28N2/c1-4-12-5-6-16(9-12)14-11(3)7-10(2)8-13(14)15/h10-14H,4-9,15H2,1-3H3. The third-order valence-electron chi connectivity index (χ3n) is 4.79. The van der Waals surface area contributed by atoms with Crippen molar-refractivity contribution in [1.29, 1.82) is 0 Å². The molecule has 94 valence electrons. The Labute approximate surface area is 101 Å². The average molecular weight is 224 g/mol. The summed E-state index contributed by atoms with van der Waals surface area (Å²) in [6, 6.07) is 1.07. The Bertz CT molecular complexity index is 217. The predicted octanol–water partition coefficient (Wildman–Crippen LogP) is 2.48. The van der Waals surface area contributed by atoms with Crippen molar-refractivity contribution in [2.24, 2.45) is 23.5 Å². The number of rotatable bonds is 2. The van der Waals surface area contributed by atoms with Gasteiger partial charge in [0, 0.05) is 18.6 Å². The highest BCUT2D eigenvalue weighted by atomic mass is 15.2. The average Bonchev–Trinajstić information content (AvgIpc) is 2.64. The Hall–Kier alpha value is -0.0800. The third kappa shape index (κ3) is 2.43. The van der Waals surface area contributed by atoms with Crippen molar-refractivity contribution in [3.05, 3.63) is 0 Å². The topological polar surface area (TPSA) is 29.3 Å². The minimum atomic E-state index is 0.411. The number of likely N-dealkylation sites (tertiary alicyclic amines) is 1. The first-order valence-corrected chi connectivity index (χ1v) is 7.11. The Balaban J connectivity index is 1.97. The quantitative estimate of drug-likeness (QED) is 0.781. The first-order chi connectivity index (χ1) is 7.61. The first kappa shape index (κ1) is 12.4. The van der Waals surface area contributed by atoms with Crippen LogP contribution in [0.1, 0.15) is 46.5 Å². The first-order valence-electron chi connectivity index (χ1n) is 7.11. The van der Waals surface area contributed by atoms with E-state index in [1.165, 1.54) is 38.8 Å². The van der Waals surface area contributed by atoms with Gasteiger partial charge in [0.15, 0.2) is 0 Å². The van der Waals surface area contributed by atoms with Gasteiger partial charge in [-0.15, -0.1) is 0 Å². The van der Waals surface area contributed by atoms with E-state index in [9.17, 15) is 0 Å². The zero-order valence-electron chi connectivity index (χ0n) is 11.2. The molecule has 16 heavy (non-hydrogen) atoms. The van der Waals surface area contributed by atoms with E-state index in [0.717, 1.165) is 17.8 Å². The maximum Gasteiger partial charge on any atom is 0.0273 e. The molecule has 0 radical (unpaired) electrons. The maximum absolute atomic E-state index is 6.38. The van der Waals surface area contributed by atoms with Crippen molar-refractivity contribution in [3.8, 4) is 0 Å². The molecule has 1 aliphatic heterocycles. The molecule has 5 unspecified atom stereocenters. The molecule has 1 saturated heterocycles. The van der Waals surface area contributed by atoms with Crippen LogP contribution >= 0.6 is 0 Å². The van der Waals surface area contributed by atoms with E-state index in [4.69, 9.17) is 5.73 Å². The summed E-state index contributed by atoms with van der Waals surface area (Å²) in [5.74, 6) is 2.54. The minimum Gasteiger partial charge on any atom is -0.326 e. The van der Waals surface area contributed by atoms with Crippen LogP contribution in [-0.2, 0) is 0 Å². The van der Waals surface area contributed by atoms with Crippen LogP contribution in [0.2, 0.25) is 0 Å². The number of hydrogen-bond acceptors (Lipinski definition) is 2. The molecule has 0 aromatic carbocycles. The molecule has 1 saturated carbocycles. The van der Waals surface area contributed by atoms with Gasteiger partial charge in [-0.2, -0.15) is 0 Å². The molecule has 1 aliphatic carbocycles. The molecule has 2 aliphatic rings. The van der Waals surface area contributed by atoms with Crippen molar-refractivity contribution in [3.63, 3.8) is 0 Å². The van der Waals surface area contributed by atoms with Crippen LogP contribution in [-0.4, -0.2) is 30.1 Å². The lowest BCUT2D eigenvalue weighted by Crippen LogP contribution is -2.54. The second-order valence-corrected chi connectivity index (χ2v) is 6.27. The van der Waals surface area contributed by atoms with Crippen molar-refractivity contribution >= 4 is 0 Å². The lowest BCUT2D eigenvalue weighted by molar-refractivity contribution is 0.0917. The summed E-state index contributed by atoms with van der Waals surface area (Å²) < 4.78 is 0. The molecule has 1 heterocycles. The maximum atomic E-state index is 6.38. The van der Waals surface area contributed by atoms with Gasteiger partial charge >= 0.3 is 0 Å². The van der Waals surface area contributed by atoms with Gasteiger partial charge in [-0.3, -0.25) is 4.90 Å². The fourth-order valence-corrected chi connectivity index (χ4v) is 3.99. The van der Waals surface area contributed by atoms with Crippen molar-refractivity contribution in [2.75, 3.05) is 13.1 Å². The second kappa shape index (κ2) is 5.05. The van der Waals surface area contributed by atoms with Gasteiger partial charge in [-0.1, -0.05) is 27.2 Å². The zero-order valence-corrected chi connectivity index (χ0v) is 11.2. The van der Waals surface area contributed by atoms with Crippen LogP contribution in [0.4, 0.5) is 0 Å². The molecule has 0 spiro atoms. The third-order valence-corrected chi connectivity index (χ3v) is 4.79. The molecule has 2 rings (SSSR count). The monoisotopic (exact) mass is 224 g/mol. The summed E-state index contributed by atoms with van der Waals surface area (Å²) in [7, 11) is 0. The summed E-state index contributed by atoms with van der Waals surface area (Å²) in [5.41, 5.74) is 6.38. The number of hydrogen-bond donors (Lipinski definition) is 1. The molecule has 0 amide bonds. The van der Waals surface area contributed by atoms with E-state index >= 15 is 0 Å². The molecule has 0 aromatic rings. The lowest BCUT2D eigenvalue weighted by Gasteiger charge is -2.43. The van der Waals surface area contributed by atoms with Crippen LogP contribution < -0.4 is 5.73 Å². The summed E-state index contributed by atoms with van der Waals surface area (Å²) in [4.78, 5) is 2.69. The van der Waals surface area contributed by atoms with Crippen molar-refractivity contribution < 1.29 is 0 Å². The summed E-state index contributed by atoms with van der Waals surface area (Å²) in [5, 5.41) is 0. The minimum absolute atomic E-state index is 0.411. The van der Waals surface area contributed by atoms with E-state index in [0.29, 0.717) is 12.1 Å². The highest BCUT2D eigenvalue weighted by Crippen LogP contribution is 2.34. The van der Waals surface area contributed by atoms with Crippen LogP contribution in [0.25, 0.3) is 0 Å². The van der Waals surface area contributed by atoms with Crippen LogP contribution in [0, 0.1) is 17.8 Å². The molecule has 2 N–H and O–H groups in total. The van der Waals surface area contributed by atoms with Gasteiger partial charge < -0.3 is 5.73 Å². The van der Waals surface area contributed by atoms with Gasteiger partial charge in [0.2, 0.25) is 0 Å². The van der Waals surface area contributed by atoms with E-state index in [1.807, 2.05) is 0 Å². The molecule has 5 atom stereocenters. The fourth-order valence-electron chi connectivity index (χ4n) is 3.99. The molecule has 0 bridgehead atoms. The summed E-state index contributed by atoms with van der Waals surface area (Å²) >= 11 is 0. The van der Waals surface area contributed by atoms with Gasteiger partial charge in [-0.25, -0.2) is 0 Å². The largest absolute Gasteiger partial charge is 0.326 e. The smallest absolute Gasteiger partial charge is 0.0273 e. The zero-order chi connectivity index (χ0) is 11.7. The summed E-state index contributed by atoms with van der Waals surface area (Å²) in [6.07, 6.45) is 5.32. The van der Waals surface area contributed by atoms with E-state index in [1.54, 1.807) is 0 Å². The number of nitrogens with zero attached hydrogens (tertiary/aromatic N) is 1. The van der Waals surface area contributed by atoms with Crippen molar-refractivity contribution in [2.45, 2.75) is 58.5 Å². The van der Waals surface area contributed by atoms with Gasteiger partial charge in [-0.05, 0) is 43.6 Å². The lowest BCUT2D eigenvalue weighted by atomic mass is 9.76. The summed E-state index contributed by atoms with van der Waals surface area (Å²) in [6.45, 7) is 9.66. The van der Waals surface area contributed by atoms with Crippen molar-refractivity contribution in [1.82, 2.24) is 4.90 Å². The Morgan fingerprint density at radius 3 is 2.56 bits per heavy atom. The highest BCUT2D eigenvalue weighted by Gasteiger charge is 2.38.